The van der Waals surface area contributed by atoms with Crippen LogP contribution in [0.25, 0.3) is 0 Å². The van der Waals surface area contributed by atoms with Crippen LogP contribution in [-0.4, -0.2) is 18.8 Å². The van der Waals surface area contributed by atoms with Crippen molar-refractivity contribution in [2.24, 2.45) is 0 Å². The van der Waals surface area contributed by atoms with Crippen LogP contribution < -0.4 is 10.1 Å². The van der Waals surface area contributed by atoms with Gasteiger partial charge in [-0.25, -0.2) is 4.39 Å². The van der Waals surface area contributed by atoms with E-state index in [0.29, 0.717) is 11.3 Å². The molecular formula is C18H18FNO2S. The SMILES string of the molecule is COc1ccc(CC(=O)N[C@H]2CCSc3c(F)cccc32)cc1. The number of methoxy groups -OCH3 is 1. The van der Waals surface area contributed by atoms with Crippen molar-refractivity contribution in [3.63, 3.8) is 0 Å². The third-order valence-electron chi connectivity index (χ3n) is 3.88. The summed E-state index contributed by atoms with van der Waals surface area (Å²) in [6.45, 7) is 0. The van der Waals surface area contributed by atoms with Gasteiger partial charge in [0.1, 0.15) is 11.6 Å². The number of carbonyl (C=O) groups is 1. The standard InChI is InChI=1S/C18H18FNO2S/c1-22-13-7-5-12(6-8-13)11-17(21)20-16-9-10-23-18-14(16)3-2-4-15(18)19/h2-8,16H,9-11H2,1H3,(H,20,21)/t16-/m0/s1. The van der Waals surface area contributed by atoms with Gasteiger partial charge in [0.2, 0.25) is 5.91 Å². The molecule has 1 aliphatic heterocycles. The second kappa shape index (κ2) is 7.04. The Hall–Kier alpha value is -2.01. The molecule has 0 fully saturated rings. The molecule has 2 aromatic carbocycles. The Kier molecular flexibility index (Phi) is 4.86. The number of ether oxygens (including phenoxy) is 1. The maximum absolute atomic E-state index is 13.9. The summed E-state index contributed by atoms with van der Waals surface area (Å²) in [5.74, 6) is 1.31. The zero-order valence-corrected chi connectivity index (χ0v) is 13.7. The van der Waals surface area contributed by atoms with E-state index >= 15 is 0 Å². The molecule has 0 radical (unpaired) electrons. The normalized spacial score (nSPS) is 16.5. The van der Waals surface area contributed by atoms with Gasteiger partial charge in [-0.15, -0.1) is 11.8 Å². The molecule has 1 heterocycles. The van der Waals surface area contributed by atoms with E-state index in [1.165, 1.54) is 17.8 Å². The van der Waals surface area contributed by atoms with Crippen molar-refractivity contribution in [1.82, 2.24) is 5.32 Å². The van der Waals surface area contributed by atoms with Gasteiger partial charge in [-0.2, -0.15) is 0 Å². The fourth-order valence-corrected chi connectivity index (χ4v) is 3.85. The highest BCUT2D eigenvalue weighted by atomic mass is 32.2. The second-order valence-electron chi connectivity index (χ2n) is 5.44. The molecule has 0 unspecified atom stereocenters. The van der Waals surface area contributed by atoms with Gasteiger partial charge < -0.3 is 10.1 Å². The highest BCUT2D eigenvalue weighted by Gasteiger charge is 2.24. The van der Waals surface area contributed by atoms with Crippen LogP contribution >= 0.6 is 11.8 Å². The van der Waals surface area contributed by atoms with Crippen LogP contribution in [0.4, 0.5) is 4.39 Å². The number of amides is 1. The van der Waals surface area contributed by atoms with E-state index in [1.807, 2.05) is 30.3 Å². The average molecular weight is 331 g/mol. The van der Waals surface area contributed by atoms with Gasteiger partial charge in [-0.1, -0.05) is 24.3 Å². The van der Waals surface area contributed by atoms with Crippen LogP contribution in [0.5, 0.6) is 5.75 Å². The number of nitrogens with one attached hydrogen (secondary N) is 1. The number of halogens is 1. The van der Waals surface area contributed by atoms with Gasteiger partial charge in [-0.3, -0.25) is 4.79 Å². The largest absolute Gasteiger partial charge is 0.497 e. The number of hydrogen-bond donors (Lipinski definition) is 1. The first-order valence-electron chi connectivity index (χ1n) is 7.51. The van der Waals surface area contributed by atoms with E-state index in [4.69, 9.17) is 4.74 Å². The second-order valence-corrected chi connectivity index (χ2v) is 6.55. The Morgan fingerprint density at radius 2 is 2.09 bits per heavy atom. The molecule has 0 saturated carbocycles. The summed E-state index contributed by atoms with van der Waals surface area (Å²) in [6.07, 6.45) is 1.12. The summed E-state index contributed by atoms with van der Waals surface area (Å²) in [5.41, 5.74) is 1.80. The lowest BCUT2D eigenvalue weighted by Gasteiger charge is -2.26. The van der Waals surface area contributed by atoms with Crippen molar-refractivity contribution in [2.75, 3.05) is 12.9 Å². The van der Waals surface area contributed by atoms with E-state index in [0.717, 1.165) is 29.1 Å². The van der Waals surface area contributed by atoms with Crippen molar-refractivity contribution >= 4 is 17.7 Å². The monoisotopic (exact) mass is 331 g/mol. The topological polar surface area (TPSA) is 38.3 Å². The zero-order valence-electron chi connectivity index (χ0n) is 12.8. The number of hydrogen-bond acceptors (Lipinski definition) is 3. The van der Waals surface area contributed by atoms with Crippen molar-refractivity contribution in [1.29, 1.82) is 0 Å². The Morgan fingerprint density at radius 1 is 1.30 bits per heavy atom. The molecule has 0 aromatic heterocycles. The van der Waals surface area contributed by atoms with Crippen molar-refractivity contribution < 1.29 is 13.9 Å². The van der Waals surface area contributed by atoms with E-state index in [-0.39, 0.29) is 17.8 Å². The van der Waals surface area contributed by atoms with Crippen molar-refractivity contribution in [3.05, 3.63) is 59.4 Å². The zero-order chi connectivity index (χ0) is 16.2. The third-order valence-corrected chi connectivity index (χ3v) is 5.04. The fraction of sp³-hybridized carbons (Fsp3) is 0.278. The van der Waals surface area contributed by atoms with E-state index in [2.05, 4.69) is 5.32 Å². The van der Waals surface area contributed by atoms with Crippen LogP contribution in [0.3, 0.4) is 0 Å². The number of carbonyl (C=O) groups excluding carboxylic acids is 1. The highest BCUT2D eigenvalue weighted by molar-refractivity contribution is 7.99. The summed E-state index contributed by atoms with van der Waals surface area (Å²) < 4.78 is 19.0. The van der Waals surface area contributed by atoms with Crippen LogP contribution in [0, 0.1) is 5.82 Å². The van der Waals surface area contributed by atoms with Crippen LogP contribution in [0.1, 0.15) is 23.6 Å². The molecule has 2 aromatic rings. The van der Waals surface area contributed by atoms with Gasteiger partial charge >= 0.3 is 0 Å². The molecule has 120 valence electrons. The van der Waals surface area contributed by atoms with Crippen molar-refractivity contribution in [2.45, 2.75) is 23.8 Å². The van der Waals surface area contributed by atoms with Gasteiger partial charge in [0.05, 0.1) is 19.6 Å². The maximum Gasteiger partial charge on any atom is 0.224 e. The Balaban J connectivity index is 1.68. The molecule has 5 heteroatoms. The summed E-state index contributed by atoms with van der Waals surface area (Å²) in [5, 5.41) is 3.03. The van der Waals surface area contributed by atoms with E-state index < -0.39 is 0 Å². The molecule has 1 aliphatic rings. The smallest absolute Gasteiger partial charge is 0.224 e. The van der Waals surface area contributed by atoms with Gasteiger partial charge in [0.15, 0.2) is 0 Å². The molecule has 0 saturated heterocycles. The quantitative estimate of drug-likeness (QED) is 0.928. The molecule has 0 bridgehead atoms. The van der Waals surface area contributed by atoms with Crippen LogP contribution in [0.15, 0.2) is 47.4 Å². The predicted octanol–water partition coefficient (Wildman–Crippen LogP) is 3.73. The molecule has 0 aliphatic carbocycles. The number of rotatable bonds is 4. The lowest BCUT2D eigenvalue weighted by molar-refractivity contribution is -0.121. The molecular weight excluding hydrogens is 313 g/mol. The predicted molar refractivity (Wildman–Crippen MR) is 89.3 cm³/mol. The highest BCUT2D eigenvalue weighted by Crippen LogP contribution is 2.37. The number of benzene rings is 2. The number of thioether (sulfide) groups is 1. The van der Waals surface area contributed by atoms with Crippen molar-refractivity contribution in [3.8, 4) is 5.75 Å². The maximum atomic E-state index is 13.9. The summed E-state index contributed by atoms with van der Waals surface area (Å²) in [6, 6.07) is 12.4. The van der Waals surface area contributed by atoms with E-state index in [1.54, 1.807) is 13.2 Å². The first-order valence-corrected chi connectivity index (χ1v) is 8.49. The van der Waals surface area contributed by atoms with Gasteiger partial charge in [0, 0.05) is 10.6 Å². The molecule has 3 nitrogen and oxygen atoms in total. The molecule has 1 N–H and O–H groups in total. The Morgan fingerprint density at radius 3 is 2.83 bits per heavy atom. The van der Waals surface area contributed by atoms with Gasteiger partial charge in [-0.05, 0) is 35.7 Å². The number of fused-ring (bicyclic) bond motifs is 1. The van der Waals surface area contributed by atoms with Crippen LogP contribution in [0.2, 0.25) is 0 Å². The molecule has 1 amide bonds. The minimum atomic E-state index is -0.207. The lowest BCUT2D eigenvalue weighted by atomic mass is 10.0. The first kappa shape index (κ1) is 15.9. The third kappa shape index (κ3) is 3.67. The van der Waals surface area contributed by atoms with E-state index in [9.17, 15) is 9.18 Å². The average Bonchev–Trinajstić information content (AvgIpc) is 2.56. The fourth-order valence-electron chi connectivity index (χ4n) is 2.71. The minimum Gasteiger partial charge on any atom is -0.497 e. The molecule has 3 rings (SSSR count). The molecule has 23 heavy (non-hydrogen) atoms. The van der Waals surface area contributed by atoms with Gasteiger partial charge in [0.25, 0.3) is 0 Å². The summed E-state index contributed by atoms with van der Waals surface area (Å²) in [4.78, 5) is 12.9. The Labute approximate surface area is 139 Å². The Bertz CT molecular complexity index is 703. The molecule has 1 atom stereocenters. The first-order chi connectivity index (χ1) is 11.2. The molecule has 0 spiro atoms. The lowest BCUT2D eigenvalue weighted by Crippen LogP contribution is -2.32. The summed E-state index contributed by atoms with van der Waals surface area (Å²) >= 11 is 1.51. The summed E-state index contributed by atoms with van der Waals surface area (Å²) in [7, 11) is 1.61. The minimum absolute atomic E-state index is 0.0534. The van der Waals surface area contributed by atoms with Crippen LogP contribution in [-0.2, 0) is 11.2 Å².